The summed E-state index contributed by atoms with van der Waals surface area (Å²) in [6.07, 6.45) is 6.12. The maximum absolute atomic E-state index is 12.3. The number of benzene rings is 1. The van der Waals surface area contributed by atoms with Gasteiger partial charge in [-0.15, -0.1) is 0 Å². The highest BCUT2D eigenvalue weighted by molar-refractivity contribution is 6.00. The molecule has 0 saturated carbocycles. The first kappa shape index (κ1) is 24.3. The summed E-state index contributed by atoms with van der Waals surface area (Å²) in [5.74, 6) is -0.179. The largest absolute Gasteiger partial charge is 0.478 e. The molecule has 1 radical (unpaired) electrons. The Hall–Kier alpha value is -3.00. The number of nitrogens with zero attached hydrogens (tertiary/aromatic N) is 2. The number of rotatable bonds is 13. The van der Waals surface area contributed by atoms with Crippen molar-refractivity contribution in [2.45, 2.75) is 51.5 Å². The standard InChI is InChI=1S/C23H32N4O4/c1-4-18(28)11-6-5-7-12-19(25-21(29)15-27(2)3)22-24-14-20(26-22)16-9-8-10-17(13-16)23(30)31/h8-10,13-14,19,26H,4-7,11-12,15H2,1-3H3,(H,25,29)(H,30,31)/q+1/t19-/m0/s1. The van der Waals surface area contributed by atoms with Crippen LogP contribution in [-0.2, 0) is 9.59 Å². The van der Waals surface area contributed by atoms with Crippen molar-refractivity contribution in [2.24, 2.45) is 0 Å². The molecule has 1 aromatic carbocycles. The lowest BCUT2D eigenvalue weighted by molar-refractivity contribution is -0.122. The summed E-state index contributed by atoms with van der Waals surface area (Å²) in [6, 6.07) is 6.34. The van der Waals surface area contributed by atoms with Crippen LogP contribution in [0.15, 0.2) is 30.5 Å². The number of carbonyl (C=O) groups excluding carboxylic acids is 2. The van der Waals surface area contributed by atoms with Gasteiger partial charge in [-0.25, -0.2) is 10.1 Å². The molecular formula is C23H32N4O4+. The normalized spacial score (nSPS) is 13.9. The molecular weight excluding hydrogens is 396 g/mol. The molecule has 8 heteroatoms. The summed E-state index contributed by atoms with van der Waals surface area (Å²) in [7, 11) is 3.67. The van der Waals surface area contributed by atoms with Gasteiger partial charge in [0.1, 0.15) is 11.8 Å². The Labute approximate surface area is 183 Å². The number of hydrogen-bond donors (Lipinski definition) is 3. The van der Waals surface area contributed by atoms with E-state index in [4.69, 9.17) is 0 Å². The van der Waals surface area contributed by atoms with E-state index in [9.17, 15) is 19.5 Å². The number of unbranched alkanes of at least 4 members (excludes halogenated alkanes) is 2. The molecule has 167 valence electrons. The first-order valence-corrected chi connectivity index (χ1v) is 10.6. The first-order valence-electron chi connectivity index (χ1n) is 10.6. The molecule has 3 N–H and O–H groups in total. The number of carbonyl (C=O) groups is 3. The SMILES string of the molecule is CCC(=O)CCCCC[C@H](NC(=O)CN(C)C)C1=[N+]C=C(c2cccc(C(=O)O)c2)N1. The number of ketones is 1. The van der Waals surface area contributed by atoms with E-state index in [1.807, 2.05) is 27.1 Å². The van der Waals surface area contributed by atoms with E-state index in [0.29, 0.717) is 30.8 Å². The van der Waals surface area contributed by atoms with Gasteiger partial charge in [-0.1, -0.05) is 31.9 Å². The third-order valence-electron chi connectivity index (χ3n) is 4.98. The minimum absolute atomic E-state index is 0.0954. The van der Waals surface area contributed by atoms with E-state index in [1.54, 1.807) is 23.2 Å². The number of aliphatic imine (C=N–C) groups is 1. The van der Waals surface area contributed by atoms with Crippen molar-refractivity contribution < 1.29 is 19.5 Å². The predicted octanol–water partition coefficient (Wildman–Crippen LogP) is 2.00. The molecule has 0 spiro atoms. The maximum atomic E-state index is 12.3. The second kappa shape index (κ2) is 12.0. The minimum atomic E-state index is -0.989. The van der Waals surface area contributed by atoms with Crippen LogP contribution in [0.4, 0.5) is 0 Å². The third-order valence-corrected chi connectivity index (χ3v) is 4.98. The van der Waals surface area contributed by atoms with Crippen molar-refractivity contribution in [3.63, 3.8) is 0 Å². The number of hydrogen-bond acceptors (Lipinski definition) is 6. The molecule has 1 heterocycles. The fraction of sp³-hybridized carbons (Fsp3) is 0.478. The first-order chi connectivity index (χ1) is 14.8. The van der Waals surface area contributed by atoms with Gasteiger partial charge in [0.25, 0.3) is 0 Å². The molecule has 1 amide bonds. The summed E-state index contributed by atoms with van der Waals surface area (Å²) >= 11 is 0. The smallest absolute Gasteiger partial charge is 0.335 e. The molecule has 2 rings (SSSR count). The fourth-order valence-corrected chi connectivity index (χ4v) is 3.31. The highest BCUT2D eigenvalue weighted by Gasteiger charge is 2.31. The van der Waals surface area contributed by atoms with Gasteiger partial charge in [0.15, 0.2) is 11.9 Å². The molecule has 31 heavy (non-hydrogen) atoms. The summed E-state index contributed by atoms with van der Waals surface area (Å²) in [5, 5.41) is 15.5. The number of nitrogens with one attached hydrogen (secondary N) is 2. The molecule has 0 aromatic heterocycles. The molecule has 0 unspecified atom stereocenters. The Morgan fingerprint density at radius 3 is 2.65 bits per heavy atom. The van der Waals surface area contributed by atoms with Crippen LogP contribution in [0.25, 0.3) is 5.70 Å². The Balaban J connectivity index is 1.99. The van der Waals surface area contributed by atoms with Crippen molar-refractivity contribution in [1.82, 2.24) is 20.5 Å². The van der Waals surface area contributed by atoms with Gasteiger partial charge in [0.05, 0.1) is 12.1 Å². The van der Waals surface area contributed by atoms with Gasteiger partial charge in [-0.2, -0.15) is 0 Å². The summed E-state index contributed by atoms with van der Waals surface area (Å²) < 4.78 is 0. The van der Waals surface area contributed by atoms with Gasteiger partial charge >= 0.3 is 11.8 Å². The highest BCUT2D eigenvalue weighted by Crippen LogP contribution is 2.17. The molecule has 1 aliphatic rings. The van der Waals surface area contributed by atoms with E-state index in [1.165, 1.54) is 6.07 Å². The highest BCUT2D eigenvalue weighted by atomic mass is 16.4. The monoisotopic (exact) mass is 428 g/mol. The van der Waals surface area contributed by atoms with Gasteiger partial charge in [-0.05, 0) is 44.1 Å². The molecule has 0 aliphatic carbocycles. The van der Waals surface area contributed by atoms with Crippen LogP contribution in [0.3, 0.4) is 0 Å². The number of Topliss-reactive ketones (excluding diaryl/α,β-unsaturated/α-hetero) is 1. The quantitative estimate of drug-likeness (QED) is 0.414. The second-order valence-electron chi connectivity index (χ2n) is 7.92. The number of amidine groups is 1. The van der Waals surface area contributed by atoms with Crippen molar-refractivity contribution in [3.8, 4) is 0 Å². The van der Waals surface area contributed by atoms with Crippen LogP contribution >= 0.6 is 0 Å². The van der Waals surface area contributed by atoms with E-state index in [-0.39, 0.29) is 29.8 Å². The van der Waals surface area contributed by atoms with Crippen LogP contribution in [0.5, 0.6) is 0 Å². The van der Waals surface area contributed by atoms with E-state index in [0.717, 1.165) is 24.8 Å². The summed E-state index contributed by atoms with van der Waals surface area (Å²) in [4.78, 5) is 41.3. The molecule has 0 bridgehead atoms. The zero-order valence-electron chi connectivity index (χ0n) is 18.5. The van der Waals surface area contributed by atoms with E-state index in [2.05, 4.69) is 15.6 Å². The summed E-state index contributed by atoms with van der Waals surface area (Å²) in [6.45, 7) is 2.15. The van der Waals surface area contributed by atoms with Crippen LogP contribution in [-0.4, -0.2) is 60.2 Å². The number of carboxylic acid groups (broad SMARTS) is 1. The van der Waals surface area contributed by atoms with Crippen LogP contribution in [0.2, 0.25) is 0 Å². The van der Waals surface area contributed by atoms with Crippen LogP contribution in [0, 0.1) is 0 Å². The minimum Gasteiger partial charge on any atom is -0.478 e. The van der Waals surface area contributed by atoms with Crippen LogP contribution in [0.1, 0.15) is 61.4 Å². The fourth-order valence-electron chi connectivity index (χ4n) is 3.31. The second-order valence-corrected chi connectivity index (χ2v) is 7.92. The lowest BCUT2D eigenvalue weighted by atomic mass is 10.0. The number of carboxylic acids is 1. The number of amides is 1. The number of likely N-dealkylation sites (N-methyl/N-ethyl adjacent to an activating group) is 1. The Morgan fingerprint density at radius 1 is 1.19 bits per heavy atom. The Morgan fingerprint density at radius 2 is 1.97 bits per heavy atom. The molecule has 8 nitrogen and oxygen atoms in total. The van der Waals surface area contributed by atoms with E-state index >= 15 is 0 Å². The Bertz CT molecular complexity index is 861. The molecule has 0 saturated heterocycles. The average molecular weight is 429 g/mol. The molecule has 1 aromatic rings. The number of aromatic carboxylic acids is 1. The van der Waals surface area contributed by atoms with Crippen molar-refractivity contribution in [1.29, 1.82) is 0 Å². The van der Waals surface area contributed by atoms with E-state index < -0.39 is 5.97 Å². The molecule has 1 aliphatic heterocycles. The van der Waals surface area contributed by atoms with Gasteiger partial charge in [0, 0.05) is 18.4 Å². The lowest BCUT2D eigenvalue weighted by Gasteiger charge is -2.17. The zero-order valence-corrected chi connectivity index (χ0v) is 18.5. The van der Waals surface area contributed by atoms with Gasteiger partial charge in [-0.3, -0.25) is 9.59 Å². The summed E-state index contributed by atoms with van der Waals surface area (Å²) in [5.41, 5.74) is 1.61. The average Bonchev–Trinajstić information content (AvgIpc) is 3.22. The predicted molar refractivity (Wildman–Crippen MR) is 121 cm³/mol. The van der Waals surface area contributed by atoms with Crippen molar-refractivity contribution in [2.75, 3.05) is 20.6 Å². The van der Waals surface area contributed by atoms with Gasteiger partial charge < -0.3 is 15.3 Å². The zero-order chi connectivity index (χ0) is 22.8. The van der Waals surface area contributed by atoms with Crippen LogP contribution < -0.4 is 15.6 Å². The van der Waals surface area contributed by atoms with Crippen molar-refractivity contribution >= 4 is 29.2 Å². The lowest BCUT2D eigenvalue weighted by Crippen LogP contribution is -2.48. The molecule has 1 atom stereocenters. The van der Waals surface area contributed by atoms with Gasteiger partial charge in [0.2, 0.25) is 5.91 Å². The topological polar surface area (TPSA) is 113 Å². The third kappa shape index (κ3) is 7.97. The van der Waals surface area contributed by atoms with Crippen molar-refractivity contribution in [3.05, 3.63) is 41.6 Å². The Kier molecular flexibility index (Phi) is 9.40. The maximum Gasteiger partial charge on any atom is 0.335 e. The molecule has 0 fully saturated rings.